The van der Waals surface area contributed by atoms with E-state index in [4.69, 9.17) is 4.74 Å². The topological polar surface area (TPSA) is 79.7 Å². The number of carbonyl (C=O) groups is 2. The number of benzene rings is 1. The highest BCUT2D eigenvalue weighted by Gasteiger charge is 2.43. The highest BCUT2D eigenvalue weighted by Crippen LogP contribution is 2.39. The van der Waals surface area contributed by atoms with Crippen molar-refractivity contribution in [3.05, 3.63) is 71.3 Å². The molecule has 1 aromatic carbocycles. The van der Waals surface area contributed by atoms with Crippen LogP contribution in [0.4, 0.5) is 0 Å². The van der Waals surface area contributed by atoms with Crippen molar-refractivity contribution < 1.29 is 19.4 Å². The van der Waals surface area contributed by atoms with E-state index in [0.717, 1.165) is 11.1 Å². The second-order valence-electron chi connectivity index (χ2n) is 6.75. The normalized spacial score (nSPS) is 17.0. The lowest BCUT2D eigenvalue weighted by atomic mass is 9.91. The second kappa shape index (κ2) is 7.61. The highest BCUT2D eigenvalue weighted by molar-refractivity contribution is 6.09. The number of nitrogens with zero attached hydrogens (tertiary/aromatic N) is 2. The fraction of sp³-hybridized carbons (Fsp3) is 0.286. The van der Waals surface area contributed by atoms with Crippen LogP contribution in [0, 0.1) is 5.92 Å². The lowest BCUT2D eigenvalue weighted by Gasteiger charge is -2.27. The lowest BCUT2D eigenvalue weighted by Crippen LogP contribution is -2.31. The van der Waals surface area contributed by atoms with E-state index in [0.29, 0.717) is 5.75 Å². The van der Waals surface area contributed by atoms with Crippen molar-refractivity contribution in [3.63, 3.8) is 0 Å². The number of hydrogen-bond donors (Lipinski definition) is 1. The summed E-state index contributed by atoms with van der Waals surface area (Å²) in [5, 5.41) is 10.5. The van der Waals surface area contributed by atoms with Crippen molar-refractivity contribution in [2.45, 2.75) is 26.4 Å². The molecule has 6 heteroatoms. The van der Waals surface area contributed by atoms with Crippen molar-refractivity contribution in [1.82, 2.24) is 9.88 Å². The smallest absolute Gasteiger partial charge is 0.290 e. The Morgan fingerprint density at radius 2 is 1.81 bits per heavy atom. The zero-order valence-electron chi connectivity index (χ0n) is 15.5. The fourth-order valence-electron chi connectivity index (χ4n) is 3.20. The molecule has 1 aromatic heterocycles. The molecule has 1 aliphatic heterocycles. The van der Waals surface area contributed by atoms with Crippen LogP contribution in [-0.4, -0.2) is 33.8 Å². The Balaban J connectivity index is 2.01. The number of amides is 1. The number of Topliss-reactive ketones (excluding diaryl/α,β-unsaturated/α-hetero) is 1. The van der Waals surface area contributed by atoms with E-state index in [9.17, 15) is 14.7 Å². The van der Waals surface area contributed by atoms with Gasteiger partial charge in [-0.15, -0.1) is 0 Å². The number of carbonyl (C=O) groups excluding carboxylic acids is 2. The Morgan fingerprint density at radius 1 is 1.19 bits per heavy atom. The van der Waals surface area contributed by atoms with Crippen LogP contribution in [0.1, 0.15) is 31.0 Å². The quantitative estimate of drug-likeness (QED) is 0.849. The first kappa shape index (κ1) is 18.6. The molecular formula is C21H22N2O4. The zero-order chi connectivity index (χ0) is 19.6. The number of aliphatic hydroxyl groups is 1. The van der Waals surface area contributed by atoms with E-state index in [2.05, 4.69) is 4.98 Å². The maximum atomic E-state index is 12.8. The molecule has 0 saturated heterocycles. The van der Waals surface area contributed by atoms with Gasteiger partial charge in [-0.2, -0.15) is 0 Å². The Morgan fingerprint density at radius 3 is 2.37 bits per heavy atom. The molecule has 1 unspecified atom stereocenters. The van der Waals surface area contributed by atoms with Crippen LogP contribution in [0.5, 0.6) is 5.75 Å². The van der Waals surface area contributed by atoms with Crippen LogP contribution in [0.25, 0.3) is 0 Å². The summed E-state index contributed by atoms with van der Waals surface area (Å²) in [5.41, 5.74) is 1.75. The Labute approximate surface area is 158 Å². The minimum atomic E-state index is -0.641. The molecule has 3 rings (SSSR count). The van der Waals surface area contributed by atoms with Gasteiger partial charge in [-0.05, 0) is 35.4 Å². The van der Waals surface area contributed by atoms with Crippen LogP contribution in [0.15, 0.2) is 60.1 Å². The van der Waals surface area contributed by atoms with Gasteiger partial charge in [0.1, 0.15) is 5.75 Å². The largest absolute Gasteiger partial charge is 0.503 e. The van der Waals surface area contributed by atoms with E-state index in [1.54, 1.807) is 45.5 Å². The van der Waals surface area contributed by atoms with E-state index >= 15 is 0 Å². The third kappa shape index (κ3) is 3.56. The van der Waals surface area contributed by atoms with Gasteiger partial charge in [0.25, 0.3) is 5.91 Å². The molecule has 1 atom stereocenters. The fourth-order valence-corrected chi connectivity index (χ4v) is 3.20. The van der Waals surface area contributed by atoms with Gasteiger partial charge in [0.2, 0.25) is 0 Å². The van der Waals surface area contributed by atoms with E-state index in [1.165, 1.54) is 4.90 Å². The number of rotatable bonds is 6. The third-order valence-electron chi connectivity index (χ3n) is 4.63. The van der Waals surface area contributed by atoms with Crippen LogP contribution in [0.2, 0.25) is 0 Å². The lowest BCUT2D eigenvalue weighted by molar-refractivity contribution is -0.130. The maximum Gasteiger partial charge on any atom is 0.290 e. The first-order valence-electron chi connectivity index (χ1n) is 8.75. The molecule has 6 nitrogen and oxygen atoms in total. The molecule has 0 fully saturated rings. The van der Waals surface area contributed by atoms with Crippen molar-refractivity contribution in [2.24, 2.45) is 5.92 Å². The summed E-state index contributed by atoms with van der Waals surface area (Å²) < 4.78 is 5.16. The molecular weight excluding hydrogens is 344 g/mol. The van der Waals surface area contributed by atoms with Gasteiger partial charge in [0, 0.05) is 24.9 Å². The Bertz CT molecular complexity index is 873. The predicted octanol–water partition coefficient (Wildman–Crippen LogP) is 3.21. The number of methoxy groups -OCH3 is 1. The van der Waals surface area contributed by atoms with E-state index in [-0.39, 0.29) is 23.8 Å². The summed E-state index contributed by atoms with van der Waals surface area (Å²) in [6.07, 6.45) is 3.22. The molecule has 1 aliphatic rings. The van der Waals surface area contributed by atoms with Gasteiger partial charge in [-0.3, -0.25) is 14.6 Å². The maximum absolute atomic E-state index is 12.8. The summed E-state index contributed by atoms with van der Waals surface area (Å²) in [4.78, 5) is 31.0. The number of pyridine rings is 1. The number of hydrogen-bond acceptors (Lipinski definition) is 5. The zero-order valence-corrected chi connectivity index (χ0v) is 15.5. The summed E-state index contributed by atoms with van der Waals surface area (Å²) >= 11 is 0. The van der Waals surface area contributed by atoms with Crippen molar-refractivity contribution in [3.8, 4) is 5.75 Å². The van der Waals surface area contributed by atoms with Gasteiger partial charge < -0.3 is 14.7 Å². The number of aromatic nitrogens is 1. The van der Waals surface area contributed by atoms with Gasteiger partial charge in [0.05, 0.1) is 18.7 Å². The van der Waals surface area contributed by atoms with Crippen molar-refractivity contribution >= 4 is 11.7 Å². The summed E-state index contributed by atoms with van der Waals surface area (Å²) in [5.74, 6) is -0.866. The summed E-state index contributed by atoms with van der Waals surface area (Å²) in [7, 11) is 1.59. The molecule has 1 amide bonds. The standard InChI is InChI=1S/C21H22N2O4/c1-13(2)19(24)17-18(15-8-10-22-11-9-15)23(21(26)20(17)25)12-14-4-6-16(27-3)7-5-14/h4-11,13,18,25H,12H2,1-3H3. The average molecular weight is 366 g/mol. The van der Waals surface area contributed by atoms with E-state index in [1.807, 2.05) is 24.3 Å². The average Bonchev–Trinajstić information content (AvgIpc) is 2.93. The molecule has 0 radical (unpaired) electrons. The minimum Gasteiger partial charge on any atom is -0.503 e. The molecule has 27 heavy (non-hydrogen) atoms. The first-order chi connectivity index (χ1) is 12.9. The summed E-state index contributed by atoms with van der Waals surface area (Å²) in [6.45, 7) is 3.76. The second-order valence-corrected chi connectivity index (χ2v) is 6.75. The number of ketones is 1. The van der Waals surface area contributed by atoms with Crippen molar-refractivity contribution in [2.75, 3.05) is 7.11 Å². The molecule has 2 aromatic rings. The van der Waals surface area contributed by atoms with Gasteiger partial charge in [-0.1, -0.05) is 26.0 Å². The minimum absolute atomic E-state index is 0.148. The molecule has 2 heterocycles. The summed E-state index contributed by atoms with van der Waals surface area (Å²) in [6, 6.07) is 10.2. The van der Waals surface area contributed by atoms with Crippen LogP contribution >= 0.6 is 0 Å². The van der Waals surface area contributed by atoms with Crippen molar-refractivity contribution in [1.29, 1.82) is 0 Å². The molecule has 0 bridgehead atoms. The molecule has 0 aliphatic carbocycles. The van der Waals surface area contributed by atoms with Crippen LogP contribution in [0.3, 0.4) is 0 Å². The van der Waals surface area contributed by atoms with Crippen LogP contribution in [-0.2, 0) is 16.1 Å². The SMILES string of the molecule is COc1ccc(CN2C(=O)C(O)=C(C(=O)C(C)C)C2c2ccncc2)cc1. The predicted molar refractivity (Wildman–Crippen MR) is 100 cm³/mol. The Hall–Kier alpha value is -3.15. The molecule has 0 spiro atoms. The van der Waals surface area contributed by atoms with Gasteiger partial charge in [0.15, 0.2) is 11.5 Å². The highest BCUT2D eigenvalue weighted by atomic mass is 16.5. The number of ether oxygens (including phenoxy) is 1. The first-order valence-corrected chi connectivity index (χ1v) is 8.75. The molecule has 1 N–H and O–H groups in total. The number of aliphatic hydroxyl groups excluding tert-OH is 1. The molecule has 140 valence electrons. The Kier molecular flexibility index (Phi) is 5.26. The van der Waals surface area contributed by atoms with Gasteiger partial charge in [-0.25, -0.2) is 0 Å². The van der Waals surface area contributed by atoms with Crippen LogP contribution < -0.4 is 4.74 Å². The van der Waals surface area contributed by atoms with Gasteiger partial charge >= 0.3 is 0 Å². The molecule has 0 saturated carbocycles. The monoisotopic (exact) mass is 366 g/mol. The van der Waals surface area contributed by atoms with E-state index < -0.39 is 17.7 Å². The third-order valence-corrected chi connectivity index (χ3v) is 4.63.